The maximum absolute atomic E-state index is 13.2. The number of benzene rings is 1. The summed E-state index contributed by atoms with van der Waals surface area (Å²) in [7, 11) is -3.20. The van der Waals surface area contributed by atoms with Gasteiger partial charge in [-0.15, -0.1) is 0 Å². The third-order valence-corrected chi connectivity index (χ3v) is 7.38. The van der Waals surface area contributed by atoms with Crippen LogP contribution in [0.4, 0.5) is 0 Å². The van der Waals surface area contributed by atoms with Gasteiger partial charge in [0.1, 0.15) is 11.5 Å². The standard InChI is InChI=1S/C22H26N4O4S/c1-3-31(28,29)25-13-11-17(12-14-25)23-22(27)19-15-26(18-7-5-4-6-8-18)24-21(19)20-10-9-16(2)30-20/h4-10,15,17H,3,11-14H2,1-2H3,(H,23,27). The highest BCUT2D eigenvalue weighted by atomic mass is 32.2. The molecule has 0 aliphatic carbocycles. The number of piperidine rings is 1. The molecule has 164 valence electrons. The summed E-state index contributed by atoms with van der Waals surface area (Å²) in [6.07, 6.45) is 2.86. The van der Waals surface area contributed by atoms with Gasteiger partial charge in [0.2, 0.25) is 10.0 Å². The first-order valence-corrected chi connectivity index (χ1v) is 12.0. The minimum atomic E-state index is -3.20. The number of hydrogen-bond donors (Lipinski definition) is 1. The highest BCUT2D eigenvalue weighted by Gasteiger charge is 2.29. The van der Waals surface area contributed by atoms with Crippen molar-refractivity contribution in [1.29, 1.82) is 0 Å². The molecule has 3 heterocycles. The molecule has 1 aliphatic heterocycles. The summed E-state index contributed by atoms with van der Waals surface area (Å²) in [6, 6.07) is 13.1. The first-order chi connectivity index (χ1) is 14.9. The Labute approximate surface area is 181 Å². The van der Waals surface area contributed by atoms with Crippen molar-refractivity contribution in [3.05, 3.63) is 60.0 Å². The Bertz CT molecular complexity index is 1160. The number of carbonyl (C=O) groups is 1. The van der Waals surface area contributed by atoms with Crippen LogP contribution in [0.3, 0.4) is 0 Å². The van der Waals surface area contributed by atoms with Crippen molar-refractivity contribution in [1.82, 2.24) is 19.4 Å². The molecule has 1 fully saturated rings. The second-order valence-electron chi connectivity index (χ2n) is 7.63. The molecule has 0 unspecified atom stereocenters. The number of hydrogen-bond acceptors (Lipinski definition) is 5. The van der Waals surface area contributed by atoms with Crippen LogP contribution in [0.1, 0.15) is 35.9 Å². The first-order valence-electron chi connectivity index (χ1n) is 10.4. The monoisotopic (exact) mass is 442 g/mol. The van der Waals surface area contributed by atoms with Crippen molar-refractivity contribution in [2.24, 2.45) is 0 Å². The Morgan fingerprint density at radius 3 is 2.48 bits per heavy atom. The normalized spacial score (nSPS) is 15.8. The van der Waals surface area contributed by atoms with E-state index >= 15 is 0 Å². The largest absolute Gasteiger partial charge is 0.460 e. The number of amides is 1. The Hall–Kier alpha value is -2.91. The lowest BCUT2D eigenvalue weighted by Gasteiger charge is -2.31. The van der Waals surface area contributed by atoms with Gasteiger partial charge in [0, 0.05) is 25.3 Å². The highest BCUT2D eigenvalue weighted by molar-refractivity contribution is 7.89. The maximum Gasteiger partial charge on any atom is 0.255 e. The number of para-hydroxylation sites is 1. The molecule has 1 aliphatic rings. The molecule has 3 aromatic rings. The third kappa shape index (κ3) is 4.57. The van der Waals surface area contributed by atoms with E-state index in [4.69, 9.17) is 4.42 Å². The van der Waals surface area contributed by atoms with Gasteiger partial charge >= 0.3 is 0 Å². The van der Waals surface area contributed by atoms with E-state index in [-0.39, 0.29) is 17.7 Å². The Kier molecular flexibility index (Phi) is 5.97. The summed E-state index contributed by atoms with van der Waals surface area (Å²) in [6.45, 7) is 4.31. The third-order valence-electron chi connectivity index (χ3n) is 5.50. The van der Waals surface area contributed by atoms with Gasteiger partial charge in [0.05, 0.1) is 17.0 Å². The number of sulfonamides is 1. The summed E-state index contributed by atoms with van der Waals surface area (Å²) in [4.78, 5) is 13.2. The maximum atomic E-state index is 13.2. The van der Waals surface area contributed by atoms with Crippen LogP contribution in [0.5, 0.6) is 0 Å². The lowest BCUT2D eigenvalue weighted by atomic mass is 10.1. The fraction of sp³-hybridized carbons (Fsp3) is 0.364. The van der Waals surface area contributed by atoms with Crippen LogP contribution in [0, 0.1) is 6.92 Å². The lowest BCUT2D eigenvalue weighted by Crippen LogP contribution is -2.46. The van der Waals surface area contributed by atoms with Crippen molar-refractivity contribution in [3.63, 3.8) is 0 Å². The van der Waals surface area contributed by atoms with Crippen LogP contribution in [-0.4, -0.2) is 53.3 Å². The van der Waals surface area contributed by atoms with E-state index in [1.807, 2.05) is 43.3 Å². The molecule has 0 atom stereocenters. The van der Waals surface area contributed by atoms with E-state index < -0.39 is 10.0 Å². The molecule has 1 aromatic carbocycles. The summed E-state index contributed by atoms with van der Waals surface area (Å²) in [5.41, 5.74) is 1.73. The second kappa shape index (κ2) is 8.68. The minimum Gasteiger partial charge on any atom is -0.460 e. The molecule has 9 heteroatoms. The molecular formula is C22H26N4O4S. The lowest BCUT2D eigenvalue weighted by molar-refractivity contribution is 0.0924. The van der Waals surface area contributed by atoms with E-state index in [0.717, 1.165) is 11.4 Å². The molecule has 0 radical (unpaired) electrons. The van der Waals surface area contributed by atoms with E-state index in [1.165, 1.54) is 4.31 Å². The van der Waals surface area contributed by atoms with Gasteiger partial charge < -0.3 is 9.73 Å². The number of nitrogens with one attached hydrogen (secondary N) is 1. The van der Waals surface area contributed by atoms with Gasteiger partial charge in [0.15, 0.2) is 5.76 Å². The van der Waals surface area contributed by atoms with E-state index in [0.29, 0.717) is 42.9 Å². The fourth-order valence-electron chi connectivity index (χ4n) is 3.72. The average molecular weight is 443 g/mol. The Balaban J connectivity index is 1.55. The van der Waals surface area contributed by atoms with Crippen molar-refractivity contribution in [3.8, 4) is 17.1 Å². The highest BCUT2D eigenvalue weighted by Crippen LogP contribution is 2.26. The number of rotatable bonds is 6. The molecule has 0 bridgehead atoms. The van der Waals surface area contributed by atoms with Gasteiger partial charge in [-0.05, 0) is 51.0 Å². The van der Waals surface area contributed by atoms with Gasteiger partial charge in [-0.2, -0.15) is 5.10 Å². The van der Waals surface area contributed by atoms with Gasteiger partial charge in [0.25, 0.3) is 5.91 Å². The predicted molar refractivity (Wildman–Crippen MR) is 118 cm³/mol. The molecule has 4 rings (SSSR count). The topological polar surface area (TPSA) is 97.4 Å². The van der Waals surface area contributed by atoms with Crippen LogP contribution in [-0.2, 0) is 10.0 Å². The zero-order valence-corrected chi connectivity index (χ0v) is 18.4. The van der Waals surface area contributed by atoms with Gasteiger partial charge in [-0.3, -0.25) is 4.79 Å². The molecular weight excluding hydrogens is 416 g/mol. The van der Waals surface area contributed by atoms with Crippen LogP contribution in [0.25, 0.3) is 17.1 Å². The molecule has 0 spiro atoms. The van der Waals surface area contributed by atoms with Crippen LogP contribution in [0.2, 0.25) is 0 Å². The SMILES string of the molecule is CCS(=O)(=O)N1CCC(NC(=O)c2cn(-c3ccccc3)nc2-c2ccc(C)o2)CC1. The number of aryl methyl sites for hydroxylation is 1. The van der Waals surface area contributed by atoms with Crippen LogP contribution >= 0.6 is 0 Å². The number of carbonyl (C=O) groups excluding carboxylic acids is 1. The quantitative estimate of drug-likeness (QED) is 0.633. The number of nitrogens with zero attached hydrogens (tertiary/aromatic N) is 3. The smallest absolute Gasteiger partial charge is 0.255 e. The summed E-state index contributed by atoms with van der Waals surface area (Å²) in [5, 5.41) is 7.66. The van der Waals surface area contributed by atoms with Crippen LogP contribution < -0.4 is 5.32 Å². The predicted octanol–water partition coefficient (Wildman–Crippen LogP) is 2.98. The average Bonchev–Trinajstić information content (AvgIpc) is 3.41. The van der Waals surface area contributed by atoms with E-state index in [1.54, 1.807) is 23.9 Å². The van der Waals surface area contributed by atoms with Crippen LogP contribution in [0.15, 0.2) is 53.1 Å². The Morgan fingerprint density at radius 2 is 1.87 bits per heavy atom. The molecule has 0 saturated carbocycles. The van der Waals surface area contributed by atoms with Gasteiger partial charge in [-0.1, -0.05) is 18.2 Å². The summed E-state index contributed by atoms with van der Waals surface area (Å²) >= 11 is 0. The van der Waals surface area contributed by atoms with Crippen molar-refractivity contribution in [2.45, 2.75) is 32.7 Å². The fourth-order valence-corrected chi connectivity index (χ4v) is 4.85. The molecule has 2 aromatic heterocycles. The molecule has 1 N–H and O–H groups in total. The van der Waals surface area contributed by atoms with E-state index in [9.17, 15) is 13.2 Å². The summed E-state index contributed by atoms with van der Waals surface area (Å²) in [5.74, 6) is 1.11. The zero-order valence-electron chi connectivity index (χ0n) is 17.6. The second-order valence-corrected chi connectivity index (χ2v) is 9.89. The summed E-state index contributed by atoms with van der Waals surface area (Å²) < 4.78 is 33.0. The van der Waals surface area contributed by atoms with Crippen molar-refractivity contribution >= 4 is 15.9 Å². The molecule has 1 saturated heterocycles. The minimum absolute atomic E-state index is 0.0919. The number of aromatic nitrogens is 2. The Morgan fingerprint density at radius 1 is 1.16 bits per heavy atom. The molecule has 1 amide bonds. The molecule has 8 nitrogen and oxygen atoms in total. The molecule has 31 heavy (non-hydrogen) atoms. The first kappa shape index (κ1) is 21.3. The van der Waals surface area contributed by atoms with Crippen molar-refractivity contribution < 1.29 is 17.6 Å². The van der Waals surface area contributed by atoms with Gasteiger partial charge in [-0.25, -0.2) is 17.4 Å². The zero-order chi connectivity index (χ0) is 22.0. The van der Waals surface area contributed by atoms with E-state index in [2.05, 4.69) is 10.4 Å². The number of furan rings is 1. The van der Waals surface area contributed by atoms with Crippen molar-refractivity contribution in [2.75, 3.05) is 18.8 Å².